The highest BCUT2D eigenvalue weighted by Crippen LogP contribution is 2.30. The van der Waals surface area contributed by atoms with Crippen LogP contribution in [0, 0.1) is 11.3 Å². The van der Waals surface area contributed by atoms with E-state index >= 15 is 0 Å². The van der Waals surface area contributed by atoms with E-state index in [0.717, 1.165) is 12.1 Å². The average molecular weight is 339 g/mol. The third kappa shape index (κ3) is 4.47. The van der Waals surface area contributed by atoms with E-state index < -0.39 is 23.7 Å². The molecule has 0 aromatic heterocycles. The number of nitrogens with zero attached hydrogens (tertiary/aromatic N) is 2. The highest BCUT2D eigenvalue weighted by Gasteiger charge is 2.32. The largest absolute Gasteiger partial charge is 0.416 e. The van der Waals surface area contributed by atoms with Gasteiger partial charge < -0.3 is 10.2 Å². The summed E-state index contributed by atoms with van der Waals surface area (Å²) in [7, 11) is 0. The maximum absolute atomic E-state index is 12.7. The summed E-state index contributed by atoms with van der Waals surface area (Å²) in [5.74, 6) is -0.873. The van der Waals surface area contributed by atoms with E-state index in [1.54, 1.807) is 6.07 Å². The Bertz CT molecular complexity index is 667. The molecule has 0 aliphatic carbocycles. The maximum atomic E-state index is 12.7. The van der Waals surface area contributed by atoms with Gasteiger partial charge in [-0.25, -0.2) is 0 Å². The minimum atomic E-state index is -4.43. The molecule has 1 aliphatic rings. The molecule has 0 bridgehead atoms. The van der Waals surface area contributed by atoms with Crippen LogP contribution in [0.3, 0.4) is 0 Å². The van der Waals surface area contributed by atoms with Crippen molar-refractivity contribution in [3.05, 3.63) is 35.4 Å². The summed E-state index contributed by atoms with van der Waals surface area (Å²) in [5.41, 5.74) is -0.384. The van der Waals surface area contributed by atoms with Crippen molar-refractivity contribution in [2.24, 2.45) is 0 Å². The summed E-state index contributed by atoms with van der Waals surface area (Å²) < 4.78 is 38.2. The third-order valence-electron chi connectivity index (χ3n) is 3.73. The van der Waals surface area contributed by atoms with Gasteiger partial charge in [-0.1, -0.05) is 12.1 Å². The molecule has 128 valence electrons. The topological polar surface area (TPSA) is 73.2 Å². The van der Waals surface area contributed by atoms with Crippen LogP contribution in [0.1, 0.15) is 30.4 Å². The highest BCUT2D eigenvalue weighted by atomic mass is 19.4. The van der Waals surface area contributed by atoms with Crippen molar-refractivity contribution >= 4 is 11.8 Å². The summed E-state index contributed by atoms with van der Waals surface area (Å²) in [6, 6.07) is 5.80. The maximum Gasteiger partial charge on any atom is 0.416 e. The monoisotopic (exact) mass is 339 g/mol. The molecule has 1 heterocycles. The molecule has 1 aromatic carbocycles. The lowest BCUT2D eigenvalue weighted by atomic mass is 10.0. The van der Waals surface area contributed by atoms with E-state index in [1.165, 1.54) is 17.0 Å². The predicted octanol–water partition coefficient (Wildman–Crippen LogP) is 2.23. The number of nitrogens with one attached hydrogen (secondary N) is 1. The van der Waals surface area contributed by atoms with Crippen LogP contribution in [0.4, 0.5) is 13.2 Å². The molecule has 1 saturated heterocycles. The molecule has 1 N–H and O–H groups in total. The van der Waals surface area contributed by atoms with Gasteiger partial charge in [-0.05, 0) is 30.5 Å². The predicted molar refractivity (Wildman–Crippen MR) is 78.3 cm³/mol. The van der Waals surface area contributed by atoms with Gasteiger partial charge in [0.05, 0.1) is 11.6 Å². The molecule has 0 saturated carbocycles. The Kier molecular flexibility index (Phi) is 5.44. The number of benzene rings is 1. The fourth-order valence-corrected chi connectivity index (χ4v) is 2.61. The molecular formula is C16H16F3N3O2. The van der Waals surface area contributed by atoms with Crippen LogP contribution in [0.5, 0.6) is 0 Å². The van der Waals surface area contributed by atoms with Gasteiger partial charge in [-0.15, -0.1) is 0 Å². The summed E-state index contributed by atoms with van der Waals surface area (Å²) in [6.45, 7) is 0.465. The van der Waals surface area contributed by atoms with E-state index in [1.807, 2.05) is 0 Å². The molecule has 1 aliphatic heterocycles. The van der Waals surface area contributed by atoms with Gasteiger partial charge in [0.1, 0.15) is 12.5 Å². The van der Waals surface area contributed by atoms with Crippen LogP contribution in [0.15, 0.2) is 24.3 Å². The fraction of sp³-hybridized carbons (Fsp3) is 0.438. The van der Waals surface area contributed by atoms with E-state index in [2.05, 4.69) is 5.32 Å². The van der Waals surface area contributed by atoms with Crippen molar-refractivity contribution < 1.29 is 22.8 Å². The number of amides is 2. The van der Waals surface area contributed by atoms with Crippen molar-refractivity contribution in [2.45, 2.75) is 38.0 Å². The summed E-state index contributed by atoms with van der Waals surface area (Å²) in [6.07, 6.45) is -3.69. The second-order valence-corrected chi connectivity index (χ2v) is 5.56. The Morgan fingerprint density at radius 2 is 2.17 bits per heavy atom. The first-order chi connectivity index (χ1) is 11.3. The van der Waals surface area contributed by atoms with Gasteiger partial charge in [0.25, 0.3) is 0 Å². The van der Waals surface area contributed by atoms with Gasteiger partial charge in [0, 0.05) is 13.1 Å². The van der Waals surface area contributed by atoms with Gasteiger partial charge in [0.2, 0.25) is 11.8 Å². The molecule has 1 aromatic rings. The lowest BCUT2D eigenvalue weighted by Crippen LogP contribution is -2.51. The normalized spacial score (nSPS) is 18.2. The van der Waals surface area contributed by atoms with Crippen LogP contribution in [0.25, 0.3) is 0 Å². The number of hydrogen-bond acceptors (Lipinski definition) is 3. The molecule has 1 fully saturated rings. The van der Waals surface area contributed by atoms with Crippen LogP contribution in [-0.4, -0.2) is 29.3 Å². The van der Waals surface area contributed by atoms with Gasteiger partial charge in [0.15, 0.2) is 0 Å². The zero-order valence-corrected chi connectivity index (χ0v) is 12.8. The van der Waals surface area contributed by atoms with E-state index in [-0.39, 0.29) is 18.9 Å². The van der Waals surface area contributed by atoms with Gasteiger partial charge in [-0.3, -0.25) is 9.59 Å². The minimum absolute atomic E-state index is 0.0490. The minimum Gasteiger partial charge on any atom is -0.343 e. The Hall–Kier alpha value is -2.56. The Morgan fingerprint density at radius 3 is 2.83 bits per heavy atom. The van der Waals surface area contributed by atoms with Gasteiger partial charge in [-0.2, -0.15) is 18.4 Å². The molecule has 8 heteroatoms. The molecule has 0 unspecified atom stereocenters. The first-order valence-corrected chi connectivity index (χ1v) is 7.42. The standard InChI is InChI=1S/C16H16F3N3O2/c17-16(18,19)12-4-1-3-11(9-12)10-22-8-2-5-13(15(22)24)21-14(23)6-7-20/h1,3-4,9,13H,2,5-6,8,10H2,(H,21,23)/t13-/m1/s1. The van der Waals surface area contributed by atoms with E-state index in [0.29, 0.717) is 24.9 Å². The van der Waals surface area contributed by atoms with Crippen molar-refractivity contribution in [1.82, 2.24) is 10.2 Å². The third-order valence-corrected chi connectivity index (χ3v) is 3.73. The Morgan fingerprint density at radius 1 is 1.42 bits per heavy atom. The highest BCUT2D eigenvalue weighted by molar-refractivity contribution is 5.88. The average Bonchev–Trinajstić information content (AvgIpc) is 2.51. The van der Waals surface area contributed by atoms with Crippen LogP contribution in [0.2, 0.25) is 0 Å². The number of likely N-dealkylation sites (tertiary alicyclic amines) is 1. The first kappa shape index (κ1) is 17.8. The summed E-state index contributed by atoms with van der Waals surface area (Å²) in [5, 5.41) is 11.0. The Labute approximate surface area is 137 Å². The van der Waals surface area contributed by atoms with E-state index in [4.69, 9.17) is 5.26 Å². The van der Waals surface area contributed by atoms with Crippen LogP contribution in [-0.2, 0) is 22.3 Å². The zero-order chi connectivity index (χ0) is 17.7. The zero-order valence-electron chi connectivity index (χ0n) is 12.8. The first-order valence-electron chi connectivity index (χ1n) is 7.42. The number of carbonyl (C=O) groups is 2. The van der Waals surface area contributed by atoms with Crippen molar-refractivity contribution in [2.75, 3.05) is 6.54 Å². The molecule has 5 nitrogen and oxygen atoms in total. The van der Waals surface area contributed by atoms with Crippen LogP contribution < -0.4 is 5.32 Å². The van der Waals surface area contributed by atoms with Crippen molar-refractivity contribution in [3.8, 4) is 6.07 Å². The number of carbonyl (C=O) groups excluding carboxylic acids is 2. The lowest BCUT2D eigenvalue weighted by molar-refractivity contribution is -0.139. The smallest absolute Gasteiger partial charge is 0.343 e. The molecule has 2 amide bonds. The summed E-state index contributed by atoms with van der Waals surface area (Å²) in [4.78, 5) is 25.2. The number of nitriles is 1. The number of piperidine rings is 1. The number of hydrogen-bond donors (Lipinski definition) is 1. The second kappa shape index (κ2) is 7.34. The molecular weight excluding hydrogens is 323 g/mol. The number of halogens is 3. The SMILES string of the molecule is N#CCC(=O)N[C@@H]1CCCN(Cc2cccc(C(F)(F)F)c2)C1=O. The van der Waals surface area contributed by atoms with E-state index in [9.17, 15) is 22.8 Å². The molecule has 1 atom stereocenters. The van der Waals surface area contributed by atoms with Gasteiger partial charge >= 0.3 is 6.18 Å². The lowest BCUT2D eigenvalue weighted by Gasteiger charge is -2.32. The molecule has 0 radical (unpaired) electrons. The molecule has 2 rings (SSSR count). The molecule has 0 spiro atoms. The second-order valence-electron chi connectivity index (χ2n) is 5.56. The van der Waals surface area contributed by atoms with Crippen LogP contribution >= 0.6 is 0 Å². The quantitative estimate of drug-likeness (QED) is 0.914. The summed E-state index contributed by atoms with van der Waals surface area (Å²) >= 11 is 0. The molecule has 24 heavy (non-hydrogen) atoms. The fourth-order valence-electron chi connectivity index (χ4n) is 2.61. The Balaban J connectivity index is 2.06. The number of alkyl halides is 3. The number of rotatable bonds is 4. The van der Waals surface area contributed by atoms with Crippen molar-refractivity contribution in [1.29, 1.82) is 5.26 Å². The van der Waals surface area contributed by atoms with Crippen molar-refractivity contribution in [3.63, 3.8) is 0 Å².